The van der Waals surface area contributed by atoms with Crippen molar-refractivity contribution < 1.29 is 9.00 Å². The van der Waals surface area contributed by atoms with E-state index in [-0.39, 0.29) is 5.91 Å². The van der Waals surface area contributed by atoms with Gasteiger partial charge in [0.1, 0.15) is 5.82 Å². The molecule has 5 rings (SSSR count). The Morgan fingerprint density at radius 3 is 2.61 bits per heavy atom. The van der Waals surface area contributed by atoms with E-state index in [9.17, 15) is 9.00 Å². The van der Waals surface area contributed by atoms with Crippen LogP contribution < -0.4 is 5.32 Å². The van der Waals surface area contributed by atoms with Crippen LogP contribution in [0.2, 0.25) is 0 Å². The molecule has 2 aromatic carbocycles. The number of rotatable bonds is 3. The topological polar surface area (TPSA) is 67.2 Å². The van der Waals surface area contributed by atoms with E-state index in [0.717, 1.165) is 53.6 Å². The van der Waals surface area contributed by atoms with Crippen LogP contribution in [0.1, 0.15) is 15.9 Å². The quantitative estimate of drug-likeness (QED) is 0.738. The maximum absolute atomic E-state index is 12.3. The second-order valence-corrected chi connectivity index (χ2v) is 9.03. The van der Waals surface area contributed by atoms with E-state index in [1.165, 1.54) is 5.56 Å². The molecule has 3 aromatic rings. The highest BCUT2D eigenvalue weighted by atomic mass is 32.2. The number of hydrogen-bond acceptors (Lipinski definition) is 4. The lowest BCUT2D eigenvalue weighted by Gasteiger charge is -2.26. The Kier molecular flexibility index (Phi) is 4.49. The van der Waals surface area contributed by atoms with Gasteiger partial charge in [0, 0.05) is 60.6 Å². The average molecular weight is 395 g/mol. The largest absolute Gasteiger partial charge is 0.350 e. The first kappa shape index (κ1) is 17.6. The summed E-state index contributed by atoms with van der Waals surface area (Å²) in [5.74, 6) is 2.42. The summed E-state index contributed by atoms with van der Waals surface area (Å²) in [6.45, 7) is 3.99. The minimum absolute atomic E-state index is 0.0337. The molecule has 1 saturated heterocycles. The minimum atomic E-state index is -0.641. The van der Waals surface area contributed by atoms with Gasteiger partial charge in [-0.15, -0.1) is 0 Å². The summed E-state index contributed by atoms with van der Waals surface area (Å²) >= 11 is 0. The highest BCUT2D eigenvalue weighted by Gasteiger charge is 2.21. The molecule has 0 saturated carbocycles. The standard InChI is InChI=1S/C21H22N4O2S/c26-21-17-2-1-3-18-19(17)25(9-8-22-21)20(23-18)16-6-4-15(5-7-16)14-24-10-12-28(27)13-11-24/h1-7H,8-14H2,(H,22,26). The van der Waals surface area contributed by atoms with Crippen molar-refractivity contribution in [1.82, 2.24) is 19.8 Å². The third-order valence-electron chi connectivity index (χ3n) is 5.52. The molecule has 3 heterocycles. The number of carbonyl (C=O) groups is 1. The minimum Gasteiger partial charge on any atom is -0.350 e. The van der Waals surface area contributed by atoms with E-state index in [1.807, 2.05) is 18.2 Å². The van der Waals surface area contributed by atoms with E-state index in [0.29, 0.717) is 18.7 Å². The highest BCUT2D eigenvalue weighted by Crippen LogP contribution is 2.28. The van der Waals surface area contributed by atoms with Crippen LogP contribution in [0.4, 0.5) is 0 Å². The first-order chi connectivity index (χ1) is 13.7. The van der Waals surface area contributed by atoms with Gasteiger partial charge >= 0.3 is 0 Å². The van der Waals surface area contributed by atoms with Gasteiger partial charge in [-0.1, -0.05) is 30.3 Å². The Morgan fingerprint density at radius 1 is 1.04 bits per heavy atom. The molecule has 2 aliphatic heterocycles. The van der Waals surface area contributed by atoms with Crippen molar-refractivity contribution in [3.63, 3.8) is 0 Å². The number of amides is 1. The maximum Gasteiger partial charge on any atom is 0.253 e. The fourth-order valence-corrected chi connectivity index (χ4v) is 5.16. The van der Waals surface area contributed by atoms with Gasteiger partial charge in [0.05, 0.1) is 16.6 Å². The number of hydrogen-bond donors (Lipinski definition) is 1. The number of aromatic nitrogens is 2. The zero-order chi connectivity index (χ0) is 19.1. The summed E-state index contributed by atoms with van der Waals surface area (Å²) < 4.78 is 13.7. The van der Waals surface area contributed by atoms with Crippen LogP contribution in [-0.4, -0.2) is 55.7 Å². The lowest BCUT2D eigenvalue weighted by Crippen LogP contribution is -2.37. The van der Waals surface area contributed by atoms with Crippen LogP contribution >= 0.6 is 0 Å². The van der Waals surface area contributed by atoms with Crippen molar-refractivity contribution in [2.75, 3.05) is 31.1 Å². The number of imidazole rings is 1. The predicted molar refractivity (Wildman–Crippen MR) is 111 cm³/mol. The molecule has 1 N–H and O–H groups in total. The summed E-state index contributed by atoms with van der Waals surface area (Å²) in [5, 5.41) is 2.96. The van der Waals surface area contributed by atoms with Crippen molar-refractivity contribution in [3.05, 3.63) is 53.6 Å². The van der Waals surface area contributed by atoms with Crippen molar-refractivity contribution >= 4 is 27.7 Å². The molecule has 0 atom stereocenters. The van der Waals surface area contributed by atoms with Gasteiger partial charge in [-0.2, -0.15) is 0 Å². The zero-order valence-electron chi connectivity index (χ0n) is 15.6. The number of carbonyl (C=O) groups excluding carboxylic acids is 1. The molecular weight excluding hydrogens is 372 g/mol. The SMILES string of the molecule is O=C1NCCn2c(-c3ccc(CN4CCS(=O)CC4)cc3)nc3cccc1c32. The molecule has 0 spiro atoms. The number of nitrogens with zero attached hydrogens (tertiary/aromatic N) is 3. The Balaban J connectivity index is 1.46. The molecule has 0 unspecified atom stereocenters. The summed E-state index contributed by atoms with van der Waals surface area (Å²) in [6, 6.07) is 14.2. The molecule has 144 valence electrons. The summed E-state index contributed by atoms with van der Waals surface area (Å²) in [6.07, 6.45) is 0. The number of benzene rings is 2. The van der Waals surface area contributed by atoms with Crippen LogP contribution in [0.5, 0.6) is 0 Å². The van der Waals surface area contributed by atoms with E-state index < -0.39 is 10.8 Å². The normalized spacial score (nSPS) is 18.2. The van der Waals surface area contributed by atoms with Crippen molar-refractivity contribution in [2.45, 2.75) is 13.1 Å². The van der Waals surface area contributed by atoms with Crippen LogP contribution in [0, 0.1) is 0 Å². The zero-order valence-corrected chi connectivity index (χ0v) is 16.4. The molecule has 1 fully saturated rings. The summed E-state index contributed by atoms with van der Waals surface area (Å²) in [5.41, 5.74) is 4.77. The third-order valence-corrected chi connectivity index (χ3v) is 6.80. The second-order valence-electron chi connectivity index (χ2n) is 7.34. The fourth-order valence-electron chi connectivity index (χ4n) is 4.03. The molecule has 0 aliphatic carbocycles. The van der Waals surface area contributed by atoms with E-state index in [1.54, 1.807) is 0 Å². The lowest BCUT2D eigenvalue weighted by atomic mass is 10.1. The first-order valence-corrected chi connectivity index (χ1v) is 11.1. The smallest absolute Gasteiger partial charge is 0.253 e. The third kappa shape index (κ3) is 3.14. The first-order valence-electron chi connectivity index (χ1n) is 9.63. The van der Waals surface area contributed by atoms with Crippen LogP contribution in [-0.2, 0) is 23.9 Å². The second kappa shape index (κ2) is 7.14. The van der Waals surface area contributed by atoms with Gasteiger partial charge in [-0.05, 0) is 17.7 Å². The average Bonchev–Trinajstić information content (AvgIpc) is 3.00. The molecule has 1 aromatic heterocycles. The Hall–Kier alpha value is -2.51. The lowest BCUT2D eigenvalue weighted by molar-refractivity contribution is 0.0956. The molecule has 2 aliphatic rings. The van der Waals surface area contributed by atoms with E-state index >= 15 is 0 Å². The van der Waals surface area contributed by atoms with E-state index in [2.05, 4.69) is 39.0 Å². The van der Waals surface area contributed by atoms with Crippen molar-refractivity contribution in [3.8, 4) is 11.4 Å². The Labute approximate surface area is 166 Å². The summed E-state index contributed by atoms with van der Waals surface area (Å²) in [7, 11) is -0.641. The van der Waals surface area contributed by atoms with Gasteiger partial charge in [0.15, 0.2) is 0 Å². The summed E-state index contributed by atoms with van der Waals surface area (Å²) in [4.78, 5) is 19.5. The number of para-hydroxylation sites is 1. The molecule has 6 nitrogen and oxygen atoms in total. The molecular formula is C21H22N4O2S. The molecule has 1 amide bonds. The Bertz CT molecular complexity index is 1060. The fraction of sp³-hybridized carbons (Fsp3) is 0.333. The monoisotopic (exact) mass is 394 g/mol. The molecule has 0 bridgehead atoms. The van der Waals surface area contributed by atoms with Gasteiger partial charge in [0.25, 0.3) is 5.91 Å². The molecule has 0 radical (unpaired) electrons. The van der Waals surface area contributed by atoms with Gasteiger partial charge < -0.3 is 9.88 Å². The number of nitrogens with one attached hydrogen (secondary N) is 1. The van der Waals surface area contributed by atoms with Crippen LogP contribution in [0.25, 0.3) is 22.4 Å². The van der Waals surface area contributed by atoms with Crippen molar-refractivity contribution in [1.29, 1.82) is 0 Å². The highest BCUT2D eigenvalue weighted by molar-refractivity contribution is 7.85. The maximum atomic E-state index is 12.3. The van der Waals surface area contributed by atoms with Gasteiger partial charge in [-0.3, -0.25) is 13.9 Å². The molecule has 28 heavy (non-hydrogen) atoms. The van der Waals surface area contributed by atoms with Crippen LogP contribution in [0.3, 0.4) is 0 Å². The predicted octanol–water partition coefficient (Wildman–Crippen LogP) is 2.01. The van der Waals surface area contributed by atoms with Gasteiger partial charge in [-0.25, -0.2) is 4.98 Å². The molecule has 7 heteroatoms. The van der Waals surface area contributed by atoms with Crippen LogP contribution in [0.15, 0.2) is 42.5 Å². The Morgan fingerprint density at radius 2 is 1.82 bits per heavy atom. The van der Waals surface area contributed by atoms with Gasteiger partial charge in [0.2, 0.25) is 0 Å². The van der Waals surface area contributed by atoms with Crippen molar-refractivity contribution in [2.24, 2.45) is 0 Å². The van der Waals surface area contributed by atoms with E-state index in [4.69, 9.17) is 4.98 Å².